The minimum atomic E-state index is -0.144. The molecule has 1 aromatic heterocycles. The van der Waals surface area contributed by atoms with E-state index in [9.17, 15) is 0 Å². The topological polar surface area (TPSA) is 18.5 Å². The second kappa shape index (κ2) is 6.83. The van der Waals surface area contributed by atoms with Crippen LogP contribution in [0.25, 0.3) is 0 Å². The van der Waals surface area contributed by atoms with Crippen LogP contribution < -0.4 is 9.47 Å². The van der Waals surface area contributed by atoms with Gasteiger partial charge in [0.15, 0.2) is 11.5 Å². The number of ether oxygens (including phenoxy) is 2. The van der Waals surface area contributed by atoms with E-state index in [0.717, 1.165) is 21.9 Å². The third-order valence-electron chi connectivity index (χ3n) is 2.65. The summed E-state index contributed by atoms with van der Waals surface area (Å²) in [5.74, 6) is 1.52. The quantitative estimate of drug-likeness (QED) is 0.708. The molecule has 2 rings (SSSR count). The molecule has 0 saturated carbocycles. The Morgan fingerprint density at radius 3 is 2.47 bits per heavy atom. The van der Waals surface area contributed by atoms with Gasteiger partial charge in [-0.1, -0.05) is 12.1 Å². The minimum absolute atomic E-state index is 0.144. The van der Waals surface area contributed by atoms with Gasteiger partial charge < -0.3 is 9.47 Å². The minimum Gasteiger partial charge on any atom is -0.490 e. The molecular weight excluding hydrogens is 280 g/mol. The van der Waals surface area contributed by atoms with Crippen molar-refractivity contribution in [2.75, 3.05) is 13.2 Å². The monoisotopic (exact) mass is 296 g/mol. The molecule has 1 atom stereocenters. The molecule has 1 aromatic carbocycles. The first-order valence-corrected chi connectivity index (χ1v) is 7.64. The van der Waals surface area contributed by atoms with Crippen LogP contribution in [0.3, 0.4) is 0 Å². The summed E-state index contributed by atoms with van der Waals surface area (Å²) in [7, 11) is 0. The largest absolute Gasteiger partial charge is 0.490 e. The van der Waals surface area contributed by atoms with E-state index in [1.54, 1.807) is 11.3 Å². The zero-order valence-electron chi connectivity index (χ0n) is 11.1. The number of rotatable bonds is 6. The molecule has 0 aliphatic carbocycles. The average molecular weight is 297 g/mol. The van der Waals surface area contributed by atoms with E-state index < -0.39 is 0 Å². The second-order valence-electron chi connectivity index (χ2n) is 3.95. The molecule has 4 heteroatoms. The molecule has 0 bridgehead atoms. The lowest BCUT2D eigenvalue weighted by Gasteiger charge is -2.14. The Kier molecular flexibility index (Phi) is 5.11. The summed E-state index contributed by atoms with van der Waals surface area (Å²) in [6.07, 6.45) is 0. The van der Waals surface area contributed by atoms with Gasteiger partial charge in [-0.15, -0.1) is 22.9 Å². The molecule has 0 radical (unpaired) electrons. The van der Waals surface area contributed by atoms with Crippen LogP contribution in [0.4, 0.5) is 0 Å². The summed E-state index contributed by atoms with van der Waals surface area (Å²) >= 11 is 8.14. The normalized spacial score (nSPS) is 12.2. The van der Waals surface area contributed by atoms with Gasteiger partial charge in [0.25, 0.3) is 0 Å². The standard InChI is InChI=1S/C15H17ClO2S/c1-3-17-12-8-7-11(10-13(12)18-4-2)15(16)14-6-5-9-19-14/h5-10,15H,3-4H2,1-2H3. The second-order valence-corrected chi connectivity index (χ2v) is 5.37. The van der Waals surface area contributed by atoms with Crippen molar-refractivity contribution < 1.29 is 9.47 Å². The fourth-order valence-corrected chi connectivity index (χ4v) is 2.91. The van der Waals surface area contributed by atoms with Crippen molar-refractivity contribution >= 4 is 22.9 Å². The smallest absolute Gasteiger partial charge is 0.161 e. The van der Waals surface area contributed by atoms with Gasteiger partial charge in [-0.25, -0.2) is 0 Å². The molecule has 0 aliphatic heterocycles. The van der Waals surface area contributed by atoms with Gasteiger partial charge in [-0.3, -0.25) is 0 Å². The van der Waals surface area contributed by atoms with Crippen molar-refractivity contribution in [1.29, 1.82) is 0 Å². The molecule has 2 nitrogen and oxygen atoms in total. The Bertz CT molecular complexity index is 511. The number of thiophene rings is 1. The highest BCUT2D eigenvalue weighted by Crippen LogP contribution is 2.37. The number of hydrogen-bond acceptors (Lipinski definition) is 3. The summed E-state index contributed by atoms with van der Waals surface area (Å²) in [5, 5.41) is 1.89. The van der Waals surface area contributed by atoms with Crippen LogP contribution in [-0.4, -0.2) is 13.2 Å². The average Bonchev–Trinajstić information content (AvgIpc) is 2.94. The zero-order valence-corrected chi connectivity index (χ0v) is 12.6. The van der Waals surface area contributed by atoms with Gasteiger partial charge in [0, 0.05) is 4.88 Å². The van der Waals surface area contributed by atoms with Crippen molar-refractivity contribution in [2.24, 2.45) is 0 Å². The Hall–Kier alpha value is -1.19. The molecule has 0 saturated heterocycles. The Morgan fingerprint density at radius 1 is 1.11 bits per heavy atom. The first kappa shape index (κ1) is 14.2. The summed E-state index contributed by atoms with van der Waals surface area (Å²) < 4.78 is 11.2. The first-order chi connectivity index (χ1) is 9.26. The van der Waals surface area contributed by atoms with E-state index in [4.69, 9.17) is 21.1 Å². The van der Waals surface area contributed by atoms with Crippen LogP contribution in [0.5, 0.6) is 11.5 Å². The lowest BCUT2D eigenvalue weighted by atomic mass is 10.1. The Balaban J connectivity index is 2.29. The van der Waals surface area contributed by atoms with Gasteiger partial charge >= 0.3 is 0 Å². The fraction of sp³-hybridized carbons (Fsp3) is 0.333. The lowest BCUT2D eigenvalue weighted by molar-refractivity contribution is 0.287. The fourth-order valence-electron chi connectivity index (χ4n) is 1.83. The summed E-state index contributed by atoms with van der Waals surface area (Å²) in [5.41, 5.74) is 1.02. The predicted octanol–water partition coefficient (Wildman–Crippen LogP) is 4.87. The van der Waals surface area contributed by atoms with Crippen LogP contribution in [0, 0.1) is 0 Å². The summed E-state index contributed by atoms with van der Waals surface area (Å²) in [6, 6.07) is 9.93. The number of alkyl halides is 1. The van der Waals surface area contributed by atoms with Crippen molar-refractivity contribution in [3.05, 3.63) is 46.2 Å². The molecule has 0 spiro atoms. The van der Waals surface area contributed by atoms with Crippen molar-refractivity contribution in [1.82, 2.24) is 0 Å². The Labute approximate surface area is 122 Å². The molecule has 0 fully saturated rings. The van der Waals surface area contributed by atoms with Gasteiger partial charge in [0.1, 0.15) is 0 Å². The van der Waals surface area contributed by atoms with E-state index in [-0.39, 0.29) is 5.38 Å². The van der Waals surface area contributed by atoms with E-state index in [2.05, 4.69) is 0 Å². The molecule has 2 aromatic rings. The highest BCUT2D eigenvalue weighted by Gasteiger charge is 2.15. The molecule has 0 aliphatic rings. The molecule has 0 N–H and O–H groups in total. The van der Waals surface area contributed by atoms with Crippen LogP contribution in [0.1, 0.15) is 29.7 Å². The Morgan fingerprint density at radius 2 is 1.84 bits per heavy atom. The van der Waals surface area contributed by atoms with Gasteiger partial charge in [-0.2, -0.15) is 0 Å². The van der Waals surface area contributed by atoms with Gasteiger partial charge in [0.2, 0.25) is 0 Å². The molecule has 102 valence electrons. The van der Waals surface area contributed by atoms with Gasteiger partial charge in [-0.05, 0) is 43.0 Å². The predicted molar refractivity (Wildman–Crippen MR) is 80.8 cm³/mol. The summed E-state index contributed by atoms with van der Waals surface area (Å²) in [6.45, 7) is 5.14. The molecule has 0 amide bonds. The lowest BCUT2D eigenvalue weighted by Crippen LogP contribution is -2.00. The SMILES string of the molecule is CCOc1ccc(C(Cl)c2cccs2)cc1OCC. The highest BCUT2D eigenvalue weighted by molar-refractivity contribution is 7.10. The van der Waals surface area contributed by atoms with Crippen LogP contribution in [-0.2, 0) is 0 Å². The number of benzene rings is 1. The van der Waals surface area contributed by atoms with Crippen molar-refractivity contribution in [3.63, 3.8) is 0 Å². The third-order valence-corrected chi connectivity index (χ3v) is 4.21. The summed E-state index contributed by atoms with van der Waals surface area (Å²) in [4.78, 5) is 1.13. The third kappa shape index (κ3) is 3.43. The maximum atomic E-state index is 6.49. The van der Waals surface area contributed by atoms with Crippen molar-refractivity contribution in [3.8, 4) is 11.5 Å². The van der Waals surface area contributed by atoms with E-state index in [1.165, 1.54) is 0 Å². The molecular formula is C15H17ClO2S. The molecule has 19 heavy (non-hydrogen) atoms. The van der Waals surface area contributed by atoms with Gasteiger partial charge in [0.05, 0.1) is 18.6 Å². The maximum absolute atomic E-state index is 6.49. The number of halogens is 1. The van der Waals surface area contributed by atoms with Crippen LogP contribution in [0.2, 0.25) is 0 Å². The zero-order chi connectivity index (χ0) is 13.7. The van der Waals surface area contributed by atoms with Crippen LogP contribution >= 0.6 is 22.9 Å². The van der Waals surface area contributed by atoms with E-state index in [1.807, 2.05) is 49.6 Å². The molecule has 1 heterocycles. The van der Waals surface area contributed by atoms with Crippen molar-refractivity contribution in [2.45, 2.75) is 19.2 Å². The highest BCUT2D eigenvalue weighted by atomic mass is 35.5. The first-order valence-electron chi connectivity index (χ1n) is 6.33. The van der Waals surface area contributed by atoms with Crippen LogP contribution in [0.15, 0.2) is 35.7 Å². The molecule has 1 unspecified atom stereocenters. The van der Waals surface area contributed by atoms with E-state index >= 15 is 0 Å². The maximum Gasteiger partial charge on any atom is 0.161 e. The number of hydrogen-bond donors (Lipinski definition) is 0. The van der Waals surface area contributed by atoms with E-state index in [0.29, 0.717) is 13.2 Å².